The molecule has 0 aromatic heterocycles. The smallest absolute Gasteiger partial charge is 0.407 e. The quantitative estimate of drug-likeness (QED) is 0.623. The number of carboxylic acid groups (broad SMARTS) is 1. The fraction of sp³-hybridized carbons (Fsp3) is 0.778. The lowest BCUT2D eigenvalue weighted by molar-refractivity contribution is -0.138. The summed E-state index contributed by atoms with van der Waals surface area (Å²) in [5, 5.41) is 10.9. The van der Waals surface area contributed by atoms with Crippen LogP contribution in [0.1, 0.15) is 0 Å². The Balaban J connectivity index is 3.86. The Morgan fingerprint density at radius 1 is 1.44 bits per heavy atom. The Morgan fingerprint density at radius 2 is 2.00 bits per heavy atom. The maximum atomic E-state index is 11.2. The minimum absolute atomic E-state index is 0.0367. The number of alkyl carbamates (subject to hydrolysis) is 1. The van der Waals surface area contributed by atoms with Crippen LogP contribution in [0.4, 0.5) is 4.79 Å². The third-order valence-electron chi connectivity index (χ3n) is 1.70. The molecule has 0 heterocycles. The van der Waals surface area contributed by atoms with Gasteiger partial charge in [0.15, 0.2) is 0 Å². The zero-order valence-electron chi connectivity index (χ0n) is 9.73. The number of hydrogen-bond acceptors (Lipinski definition) is 4. The summed E-state index contributed by atoms with van der Waals surface area (Å²) < 4.78 is 4.87. The molecule has 16 heavy (non-hydrogen) atoms. The van der Waals surface area contributed by atoms with Crippen molar-refractivity contribution in [2.24, 2.45) is 0 Å². The second-order valence-corrected chi connectivity index (χ2v) is 9.10. The van der Waals surface area contributed by atoms with Gasteiger partial charge in [0.1, 0.15) is 12.6 Å². The number of aliphatic carboxylic acids is 1. The van der Waals surface area contributed by atoms with E-state index in [4.69, 9.17) is 9.84 Å². The van der Waals surface area contributed by atoms with Gasteiger partial charge in [-0.05, 0) is 18.8 Å². The number of hydrogen-bond donors (Lipinski definition) is 3. The molecule has 0 aromatic carbocycles. The molecule has 1 amide bonds. The first-order valence-electron chi connectivity index (χ1n) is 4.69. The average molecular weight is 269 g/mol. The van der Waals surface area contributed by atoms with Crippen LogP contribution < -0.4 is 5.32 Å². The second kappa shape index (κ2) is 6.90. The Hall–Kier alpha value is -0.560. The van der Waals surface area contributed by atoms with Gasteiger partial charge in [-0.1, -0.05) is 0 Å². The van der Waals surface area contributed by atoms with E-state index >= 15 is 0 Å². The van der Waals surface area contributed by atoms with Crippen LogP contribution in [0.3, 0.4) is 0 Å². The van der Waals surface area contributed by atoms with Crippen molar-refractivity contribution in [3.05, 3.63) is 0 Å². The molecule has 96 valence electrons. The number of carboxylic acids is 1. The normalized spacial score (nSPS) is 14.0. The summed E-state index contributed by atoms with van der Waals surface area (Å²) in [6, 6.07) is -1.00. The highest BCUT2D eigenvalue weighted by atomic mass is 32.3. The first kappa shape index (κ1) is 15.4. The van der Waals surface area contributed by atoms with Gasteiger partial charge in [0.2, 0.25) is 0 Å². The van der Waals surface area contributed by atoms with Crippen LogP contribution in [0.5, 0.6) is 0 Å². The van der Waals surface area contributed by atoms with Crippen LogP contribution in [-0.2, 0) is 9.53 Å². The number of carbonyl (C=O) groups is 2. The van der Waals surface area contributed by atoms with Gasteiger partial charge < -0.3 is 15.2 Å². The predicted octanol–water partition coefficient (Wildman–Crippen LogP) is 0.790. The second-order valence-electron chi connectivity index (χ2n) is 4.15. The van der Waals surface area contributed by atoms with Crippen LogP contribution >= 0.6 is 22.7 Å². The fourth-order valence-corrected chi connectivity index (χ4v) is 1.58. The lowest BCUT2D eigenvalue weighted by atomic mass is 10.3. The molecule has 0 radical (unpaired) electrons. The summed E-state index contributed by atoms with van der Waals surface area (Å²) in [6.45, 7) is 0.309. The number of thiol groups is 1. The van der Waals surface area contributed by atoms with Gasteiger partial charge in [-0.3, -0.25) is 0 Å². The molecule has 0 aliphatic carbocycles. The average Bonchev–Trinajstić information content (AvgIpc) is 2.11. The third kappa shape index (κ3) is 7.70. The molecule has 0 unspecified atom stereocenters. The van der Waals surface area contributed by atoms with E-state index in [1.807, 2.05) is 0 Å². The molecule has 7 heteroatoms. The van der Waals surface area contributed by atoms with Crippen LogP contribution in [0.15, 0.2) is 0 Å². The van der Waals surface area contributed by atoms with Gasteiger partial charge in [0, 0.05) is 11.5 Å². The number of carbonyl (C=O) groups excluding carboxylic acids is 1. The Bertz CT molecular complexity index is 252. The molecule has 0 spiro atoms. The molecule has 1 atom stereocenters. The lowest BCUT2D eigenvalue weighted by Crippen LogP contribution is -2.42. The van der Waals surface area contributed by atoms with Crippen LogP contribution in [0, 0.1) is 0 Å². The van der Waals surface area contributed by atoms with Crippen molar-refractivity contribution in [3.8, 4) is 0 Å². The minimum atomic E-state index is -1.12. The monoisotopic (exact) mass is 269 g/mol. The van der Waals surface area contributed by atoms with Crippen molar-refractivity contribution in [2.45, 2.75) is 6.04 Å². The van der Waals surface area contributed by atoms with E-state index in [1.165, 1.54) is 0 Å². The van der Waals surface area contributed by atoms with Gasteiger partial charge in [0.05, 0.1) is 0 Å². The summed E-state index contributed by atoms with van der Waals surface area (Å²) in [6.07, 6.45) is 5.64. The molecule has 0 aromatic rings. The fourth-order valence-electron chi connectivity index (χ4n) is 0.754. The van der Waals surface area contributed by atoms with E-state index in [1.54, 1.807) is 0 Å². The zero-order chi connectivity index (χ0) is 12.8. The summed E-state index contributed by atoms with van der Waals surface area (Å²) >= 11 is 3.82. The molecule has 0 bridgehead atoms. The van der Waals surface area contributed by atoms with Gasteiger partial charge >= 0.3 is 12.1 Å². The highest BCUT2D eigenvalue weighted by Gasteiger charge is 2.18. The molecule has 0 rings (SSSR count). The maximum absolute atomic E-state index is 11.2. The Morgan fingerprint density at radius 3 is 2.38 bits per heavy atom. The highest BCUT2D eigenvalue weighted by molar-refractivity contribution is 8.32. The first-order valence-corrected chi connectivity index (χ1v) is 8.35. The number of rotatable bonds is 6. The Kier molecular flexibility index (Phi) is 6.66. The SMILES string of the molecule is CS(C)(C)CCOC(=O)N[C@@H](CS)C(=O)O. The van der Waals surface area contributed by atoms with E-state index in [0.29, 0.717) is 6.61 Å². The van der Waals surface area contributed by atoms with E-state index in [9.17, 15) is 9.59 Å². The van der Waals surface area contributed by atoms with Gasteiger partial charge in [-0.15, -0.1) is 0 Å². The van der Waals surface area contributed by atoms with Gasteiger partial charge in [-0.2, -0.15) is 12.6 Å². The summed E-state index contributed by atoms with van der Waals surface area (Å²) in [4.78, 5) is 21.8. The van der Waals surface area contributed by atoms with Crippen molar-refractivity contribution in [3.63, 3.8) is 0 Å². The molecule has 0 saturated carbocycles. The van der Waals surface area contributed by atoms with Crippen molar-refractivity contribution in [1.82, 2.24) is 5.32 Å². The molecule has 2 N–H and O–H groups in total. The summed E-state index contributed by atoms with van der Waals surface area (Å²) in [5.41, 5.74) is 0. The standard InChI is InChI=1S/C9H19NO4S2/c1-16(2,3)5-4-14-9(13)10-7(6-15)8(11)12/h7,15H,4-6H2,1-3H3,(H,10,13)(H,11,12)/t7-/m0/s1. The number of nitrogens with one attached hydrogen (secondary N) is 1. The van der Waals surface area contributed by atoms with E-state index in [-0.39, 0.29) is 5.75 Å². The molecular formula is C9H19NO4S2. The molecule has 5 nitrogen and oxygen atoms in total. The van der Waals surface area contributed by atoms with Crippen LogP contribution in [0.25, 0.3) is 0 Å². The first-order chi connectivity index (χ1) is 7.26. The molecule has 0 aliphatic heterocycles. The van der Waals surface area contributed by atoms with Crippen molar-refractivity contribution < 1.29 is 19.4 Å². The number of amides is 1. The topological polar surface area (TPSA) is 75.6 Å². The molecule has 0 aliphatic rings. The Labute approximate surface area is 103 Å². The number of ether oxygens (including phenoxy) is 1. The van der Waals surface area contributed by atoms with Crippen LogP contribution in [0.2, 0.25) is 0 Å². The van der Waals surface area contributed by atoms with Crippen molar-refractivity contribution >= 4 is 34.7 Å². The molecule has 0 fully saturated rings. The lowest BCUT2D eigenvalue weighted by Gasteiger charge is -2.24. The summed E-state index contributed by atoms with van der Waals surface area (Å²) in [5.74, 6) is -0.276. The van der Waals surface area contributed by atoms with E-state index < -0.39 is 28.1 Å². The molecule has 0 saturated heterocycles. The van der Waals surface area contributed by atoms with E-state index in [2.05, 4.69) is 36.7 Å². The zero-order valence-corrected chi connectivity index (χ0v) is 11.4. The van der Waals surface area contributed by atoms with Crippen LogP contribution in [-0.4, -0.2) is 60.1 Å². The minimum Gasteiger partial charge on any atom is -0.480 e. The van der Waals surface area contributed by atoms with Gasteiger partial charge in [0.25, 0.3) is 0 Å². The molecular weight excluding hydrogens is 250 g/mol. The largest absolute Gasteiger partial charge is 0.480 e. The highest BCUT2D eigenvalue weighted by Crippen LogP contribution is 2.33. The van der Waals surface area contributed by atoms with Crippen molar-refractivity contribution in [1.29, 1.82) is 0 Å². The van der Waals surface area contributed by atoms with Crippen molar-refractivity contribution in [2.75, 3.05) is 36.9 Å². The maximum Gasteiger partial charge on any atom is 0.407 e. The van der Waals surface area contributed by atoms with Gasteiger partial charge in [-0.25, -0.2) is 19.6 Å². The summed E-state index contributed by atoms with van der Waals surface area (Å²) in [7, 11) is -0.707. The van der Waals surface area contributed by atoms with E-state index in [0.717, 1.165) is 5.75 Å². The third-order valence-corrected chi connectivity index (χ3v) is 3.46. The predicted molar refractivity (Wildman–Crippen MR) is 70.0 cm³/mol.